The van der Waals surface area contributed by atoms with Crippen molar-refractivity contribution >= 4 is 17.3 Å². The Morgan fingerprint density at radius 2 is 2.00 bits per heavy atom. The average molecular weight is 299 g/mol. The van der Waals surface area contributed by atoms with Crippen molar-refractivity contribution in [1.29, 1.82) is 0 Å². The standard InChI is InChI=1S/C16H27ClN2O/c1-16(2,3)18-12-13-11-14(17)7-8-15(13)19(4)9-6-10-20-5/h7-8,11,18H,6,9-10,12H2,1-5H3. The van der Waals surface area contributed by atoms with E-state index < -0.39 is 0 Å². The van der Waals surface area contributed by atoms with Crippen molar-refractivity contribution < 1.29 is 4.74 Å². The molecule has 4 heteroatoms. The fraction of sp³-hybridized carbons (Fsp3) is 0.625. The van der Waals surface area contributed by atoms with Crippen LogP contribution < -0.4 is 10.2 Å². The van der Waals surface area contributed by atoms with Crippen LogP contribution in [0.15, 0.2) is 18.2 Å². The van der Waals surface area contributed by atoms with Gasteiger partial charge in [-0.2, -0.15) is 0 Å². The van der Waals surface area contributed by atoms with E-state index in [1.807, 2.05) is 12.1 Å². The highest BCUT2D eigenvalue weighted by atomic mass is 35.5. The van der Waals surface area contributed by atoms with Crippen LogP contribution in [-0.4, -0.2) is 32.8 Å². The minimum Gasteiger partial charge on any atom is -0.385 e. The Hall–Kier alpha value is -0.770. The minimum absolute atomic E-state index is 0.0915. The Morgan fingerprint density at radius 3 is 2.60 bits per heavy atom. The molecule has 0 unspecified atom stereocenters. The average Bonchev–Trinajstić information content (AvgIpc) is 2.35. The number of ether oxygens (including phenoxy) is 1. The number of anilines is 1. The number of rotatable bonds is 7. The molecule has 0 aliphatic heterocycles. The topological polar surface area (TPSA) is 24.5 Å². The van der Waals surface area contributed by atoms with E-state index in [2.05, 4.69) is 44.1 Å². The first-order valence-electron chi connectivity index (χ1n) is 7.07. The van der Waals surface area contributed by atoms with Crippen molar-refractivity contribution in [2.24, 2.45) is 0 Å². The first-order chi connectivity index (χ1) is 9.33. The lowest BCUT2D eigenvalue weighted by Gasteiger charge is -2.26. The summed E-state index contributed by atoms with van der Waals surface area (Å²) in [7, 11) is 3.85. The molecule has 0 fully saturated rings. The molecule has 0 spiro atoms. The van der Waals surface area contributed by atoms with Crippen LogP contribution in [0.2, 0.25) is 5.02 Å². The van der Waals surface area contributed by atoms with E-state index >= 15 is 0 Å². The number of nitrogens with zero attached hydrogens (tertiary/aromatic N) is 1. The van der Waals surface area contributed by atoms with Gasteiger partial charge in [-0.05, 0) is 51.0 Å². The zero-order valence-electron chi connectivity index (χ0n) is 13.3. The molecular formula is C16H27ClN2O. The van der Waals surface area contributed by atoms with Gasteiger partial charge in [0.05, 0.1) is 0 Å². The van der Waals surface area contributed by atoms with Crippen LogP contribution in [-0.2, 0) is 11.3 Å². The third-order valence-corrected chi connectivity index (χ3v) is 3.34. The van der Waals surface area contributed by atoms with Crippen LogP contribution in [0.4, 0.5) is 5.69 Å². The molecule has 1 N–H and O–H groups in total. The summed E-state index contributed by atoms with van der Waals surface area (Å²) >= 11 is 6.13. The quantitative estimate of drug-likeness (QED) is 0.777. The summed E-state index contributed by atoms with van der Waals surface area (Å²) in [5.74, 6) is 0. The molecule has 114 valence electrons. The number of hydrogen-bond donors (Lipinski definition) is 1. The molecule has 0 bridgehead atoms. The lowest BCUT2D eigenvalue weighted by molar-refractivity contribution is 0.196. The van der Waals surface area contributed by atoms with Crippen LogP contribution >= 0.6 is 11.6 Å². The highest BCUT2D eigenvalue weighted by Crippen LogP contribution is 2.24. The van der Waals surface area contributed by atoms with Gasteiger partial charge in [0.15, 0.2) is 0 Å². The maximum absolute atomic E-state index is 6.13. The van der Waals surface area contributed by atoms with Gasteiger partial charge < -0.3 is 15.0 Å². The lowest BCUT2D eigenvalue weighted by atomic mass is 10.1. The zero-order valence-corrected chi connectivity index (χ0v) is 14.0. The smallest absolute Gasteiger partial charge is 0.0479 e. The normalized spacial score (nSPS) is 11.7. The third kappa shape index (κ3) is 6.12. The number of benzene rings is 1. The van der Waals surface area contributed by atoms with Crippen molar-refractivity contribution in [1.82, 2.24) is 5.32 Å². The van der Waals surface area contributed by atoms with E-state index in [4.69, 9.17) is 16.3 Å². The molecule has 0 atom stereocenters. The van der Waals surface area contributed by atoms with Gasteiger partial charge in [-0.3, -0.25) is 0 Å². The molecule has 1 rings (SSSR count). The summed E-state index contributed by atoms with van der Waals surface area (Å²) in [6.45, 7) is 9.07. The van der Waals surface area contributed by atoms with Gasteiger partial charge >= 0.3 is 0 Å². The summed E-state index contributed by atoms with van der Waals surface area (Å²) in [5.41, 5.74) is 2.54. The van der Waals surface area contributed by atoms with Crippen LogP contribution in [0.25, 0.3) is 0 Å². The number of methoxy groups -OCH3 is 1. The van der Waals surface area contributed by atoms with Gasteiger partial charge in [0.1, 0.15) is 0 Å². The fourth-order valence-electron chi connectivity index (χ4n) is 1.99. The van der Waals surface area contributed by atoms with Crippen molar-refractivity contribution in [3.05, 3.63) is 28.8 Å². The minimum atomic E-state index is 0.0915. The predicted octanol–water partition coefficient (Wildman–Crippen LogP) is 3.70. The summed E-state index contributed by atoms with van der Waals surface area (Å²) in [6, 6.07) is 6.08. The van der Waals surface area contributed by atoms with Crippen LogP contribution in [0, 0.1) is 0 Å². The number of nitrogens with one attached hydrogen (secondary N) is 1. The zero-order chi connectivity index (χ0) is 15.2. The van der Waals surface area contributed by atoms with Crippen molar-refractivity contribution in [3.63, 3.8) is 0 Å². The van der Waals surface area contributed by atoms with Crippen molar-refractivity contribution in [3.8, 4) is 0 Å². The maximum Gasteiger partial charge on any atom is 0.0479 e. The molecule has 1 aromatic rings. The van der Waals surface area contributed by atoms with Crippen molar-refractivity contribution in [2.75, 3.05) is 32.2 Å². The van der Waals surface area contributed by atoms with Gasteiger partial charge in [-0.25, -0.2) is 0 Å². The Bertz CT molecular complexity index is 415. The molecule has 0 aromatic heterocycles. The van der Waals surface area contributed by atoms with Gasteiger partial charge in [0.2, 0.25) is 0 Å². The van der Waals surface area contributed by atoms with E-state index in [0.717, 1.165) is 31.1 Å². The summed E-state index contributed by atoms with van der Waals surface area (Å²) < 4.78 is 5.11. The summed E-state index contributed by atoms with van der Waals surface area (Å²) in [5, 5.41) is 4.30. The highest BCUT2D eigenvalue weighted by Gasteiger charge is 2.12. The molecule has 0 amide bonds. The summed E-state index contributed by atoms with van der Waals surface area (Å²) in [6.07, 6.45) is 1.02. The SMILES string of the molecule is COCCCN(C)c1ccc(Cl)cc1CNC(C)(C)C. The number of hydrogen-bond acceptors (Lipinski definition) is 3. The molecule has 0 aliphatic rings. The Kier molecular flexibility index (Phi) is 6.80. The molecule has 1 aromatic carbocycles. The largest absolute Gasteiger partial charge is 0.385 e. The van der Waals surface area contributed by atoms with Gasteiger partial charge in [-0.1, -0.05) is 11.6 Å². The second-order valence-corrected chi connectivity index (χ2v) is 6.58. The molecule has 0 saturated heterocycles. The van der Waals surface area contributed by atoms with Gasteiger partial charge in [0.25, 0.3) is 0 Å². The van der Waals surface area contributed by atoms with Crippen LogP contribution in [0.5, 0.6) is 0 Å². The molecule has 0 saturated carbocycles. The molecule has 0 radical (unpaired) electrons. The van der Waals surface area contributed by atoms with Crippen molar-refractivity contribution in [2.45, 2.75) is 39.3 Å². The van der Waals surface area contributed by atoms with E-state index in [9.17, 15) is 0 Å². The van der Waals surface area contributed by atoms with E-state index in [1.165, 1.54) is 11.3 Å². The Labute approximate surface area is 128 Å². The first kappa shape index (κ1) is 17.3. The fourth-order valence-corrected chi connectivity index (χ4v) is 2.19. The Morgan fingerprint density at radius 1 is 1.30 bits per heavy atom. The van der Waals surface area contributed by atoms with Crippen LogP contribution in [0.3, 0.4) is 0 Å². The van der Waals surface area contributed by atoms with E-state index in [0.29, 0.717) is 0 Å². The predicted molar refractivity (Wildman–Crippen MR) is 87.8 cm³/mol. The van der Waals surface area contributed by atoms with Gasteiger partial charge in [0, 0.05) is 50.1 Å². The third-order valence-electron chi connectivity index (χ3n) is 3.10. The monoisotopic (exact) mass is 298 g/mol. The molecule has 3 nitrogen and oxygen atoms in total. The Balaban J connectivity index is 2.78. The molecular weight excluding hydrogens is 272 g/mol. The molecule has 20 heavy (non-hydrogen) atoms. The highest BCUT2D eigenvalue weighted by molar-refractivity contribution is 6.30. The van der Waals surface area contributed by atoms with Gasteiger partial charge in [-0.15, -0.1) is 0 Å². The van der Waals surface area contributed by atoms with E-state index in [1.54, 1.807) is 7.11 Å². The van der Waals surface area contributed by atoms with E-state index in [-0.39, 0.29) is 5.54 Å². The second kappa shape index (κ2) is 7.87. The second-order valence-electron chi connectivity index (χ2n) is 6.14. The maximum atomic E-state index is 6.13. The molecule has 0 heterocycles. The summed E-state index contributed by atoms with van der Waals surface area (Å²) in [4.78, 5) is 2.26. The van der Waals surface area contributed by atoms with Crippen LogP contribution in [0.1, 0.15) is 32.8 Å². The lowest BCUT2D eigenvalue weighted by Crippen LogP contribution is -2.35. The molecule has 0 aliphatic carbocycles. The number of halogens is 1. The first-order valence-corrected chi connectivity index (χ1v) is 7.45.